The van der Waals surface area contributed by atoms with Crippen LogP contribution in [0.2, 0.25) is 18.1 Å². The van der Waals surface area contributed by atoms with Gasteiger partial charge in [0, 0.05) is 0 Å². The van der Waals surface area contributed by atoms with Crippen molar-refractivity contribution in [3.8, 4) is 11.5 Å². The molecule has 0 unspecified atom stereocenters. The van der Waals surface area contributed by atoms with Crippen molar-refractivity contribution in [2.24, 2.45) is 0 Å². The van der Waals surface area contributed by atoms with Gasteiger partial charge in [-0.2, -0.15) is 8.42 Å². The summed E-state index contributed by atoms with van der Waals surface area (Å²) in [5, 5.41) is -0.0677. The molecule has 2 atom stereocenters. The summed E-state index contributed by atoms with van der Waals surface area (Å²) >= 11 is 3.61. The van der Waals surface area contributed by atoms with Gasteiger partial charge in [-0.1, -0.05) is 33.6 Å². The van der Waals surface area contributed by atoms with Crippen molar-refractivity contribution in [3.05, 3.63) is 22.2 Å². The van der Waals surface area contributed by atoms with E-state index in [-0.39, 0.29) is 17.7 Å². The van der Waals surface area contributed by atoms with Crippen LogP contribution in [0, 0.1) is 0 Å². The molecule has 0 saturated heterocycles. The zero-order valence-electron chi connectivity index (χ0n) is 22.5. The molecule has 1 aromatic carbocycles. The zero-order valence-corrected chi connectivity index (χ0v) is 25.9. The monoisotopic (exact) mass is 594 g/mol. The number of halogens is 1. The van der Waals surface area contributed by atoms with E-state index in [1.807, 2.05) is 26.0 Å². The molecule has 1 aromatic rings. The van der Waals surface area contributed by atoms with Crippen molar-refractivity contribution in [1.29, 1.82) is 0 Å². The fourth-order valence-corrected chi connectivity index (χ4v) is 5.91. The Balaban J connectivity index is 2.62. The molecular formula is C25H43BrO7SSi. The summed E-state index contributed by atoms with van der Waals surface area (Å²) in [7, 11) is -5.97. The van der Waals surface area contributed by atoms with Gasteiger partial charge in [-0.25, -0.2) is 0 Å². The van der Waals surface area contributed by atoms with E-state index in [9.17, 15) is 8.42 Å². The molecule has 35 heavy (non-hydrogen) atoms. The number of benzene rings is 1. The summed E-state index contributed by atoms with van der Waals surface area (Å²) in [6.45, 7) is 15.6. The first kappa shape index (κ1) is 30.6. The highest BCUT2D eigenvalue weighted by Gasteiger charge is 2.43. The molecular weight excluding hydrogens is 552 g/mol. The lowest BCUT2D eigenvalue weighted by Crippen LogP contribution is -2.45. The highest BCUT2D eigenvalue weighted by molar-refractivity contribution is 9.10. The van der Waals surface area contributed by atoms with Crippen LogP contribution in [0.15, 0.2) is 16.6 Å². The molecule has 1 saturated carbocycles. The second-order valence-corrected chi connectivity index (χ2v) is 17.8. The fraction of sp³-hybridized carbons (Fsp3) is 0.760. The minimum absolute atomic E-state index is 0.0434. The minimum atomic E-state index is -3.66. The normalized spacial score (nSPS) is 17.4. The van der Waals surface area contributed by atoms with Gasteiger partial charge < -0.3 is 18.6 Å². The standard InChI is InChI=1S/C25H43BrO7SSi/c1-9-29-20-15-18(16-21(23(20)26)30-10-2)24(33-35(7,8)25(3,4)5)22(17-31-34(6,27)28)32-19-13-11-12-14-19/h15-16,19,22,24H,9-14,17H2,1-8H3/t22-,24+/m0/s1. The van der Waals surface area contributed by atoms with Crippen LogP contribution in [0.25, 0.3) is 0 Å². The highest BCUT2D eigenvalue weighted by atomic mass is 79.9. The number of ether oxygens (including phenoxy) is 3. The Morgan fingerprint density at radius 1 is 1.06 bits per heavy atom. The van der Waals surface area contributed by atoms with E-state index >= 15 is 0 Å². The molecule has 0 radical (unpaired) electrons. The van der Waals surface area contributed by atoms with E-state index in [1.165, 1.54) is 0 Å². The van der Waals surface area contributed by atoms with Crippen LogP contribution in [-0.4, -0.2) is 55.0 Å². The topological polar surface area (TPSA) is 80.3 Å². The molecule has 1 fully saturated rings. The Kier molecular flexibility index (Phi) is 11.1. The maximum atomic E-state index is 11.9. The van der Waals surface area contributed by atoms with Crippen molar-refractivity contribution in [2.75, 3.05) is 26.1 Å². The molecule has 0 spiro atoms. The van der Waals surface area contributed by atoms with Crippen molar-refractivity contribution < 1.29 is 31.2 Å². The van der Waals surface area contributed by atoms with Crippen LogP contribution in [0.1, 0.15) is 72.0 Å². The van der Waals surface area contributed by atoms with Gasteiger partial charge in [0.1, 0.15) is 22.1 Å². The van der Waals surface area contributed by atoms with Gasteiger partial charge in [-0.05, 0) is 78.4 Å². The molecule has 0 N–H and O–H groups in total. The zero-order chi connectivity index (χ0) is 26.4. The van der Waals surface area contributed by atoms with Crippen LogP contribution < -0.4 is 9.47 Å². The lowest BCUT2D eigenvalue weighted by Gasteiger charge is -2.42. The first-order valence-electron chi connectivity index (χ1n) is 12.4. The first-order valence-corrected chi connectivity index (χ1v) is 18.0. The summed E-state index contributed by atoms with van der Waals surface area (Å²) in [4.78, 5) is 0. The molecule has 0 heterocycles. The van der Waals surface area contributed by atoms with Crippen LogP contribution in [0.4, 0.5) is 0 Å². The average Bonchev–Trinajstić information content (AvgIpc) is 3.24. The predicted octanol–water partition coefficient (Wildman–Crippen LogP) is 6.61. The molecule has 0 bridgehead atoms. The highest BCUT2D eigenvalue weighted by Crippen LogP contribution is 2.44. The van der Waals surface area contributed by atoms with Gasteiger partial charge in [-0.3, -0.25) is 4.18 Å². The van der Waals surface area contributed by atoms with Crippen LogP contribution >= 0.6 is 15.9 Å². The molecule has 2 rings (SSSR count). The van der Waals surface area contributed by atoms with E-state index in [0.717, 1.165) is 42.0 Å². The van der Waals surface area contributed by atoms with E-state index < -0.39 is 30.6 Å². The Morgan fingerprint density at radius 3 is 2.00 bits per heavy atom. The minimum Gasteiger partial charge on any atom is -0.493 e. The molecule has 10 heteroatoms. The van der Waals surface area contributed by atoms with Crippen LogP contribution in [0.3, 0.4) is 0 Å². The second-order valence-electron chi connectivity index (χ2n) is 10.6. The van der Waals surface area contributed by atoms with Crippen molar-refractivity contribution in [3.63, 3.8) is 0 Å². The van der Waals surface area contributed by atoms with Gasteiger partial charge in [0.2, 0.25) is 0 Å². The van der Waals surface area contributed by atoms with E-state index in [0.29, 0.717) is 24.7 Å². The Labute approximate surface area is 221 Å². The van der Waals surface area contributed by atoms with Gasteiger partial charge in [0.25, 0.3) is 10.1 Å². The first-order chi connectivity index (χ1) is 16.2. The largest absolute Gasteiger partial charge is 0.493 e. The van der Waals surface area contributed by atoms with Crippen LogP contribution in [-0.2, 0) is 23.5 Å². The van der Waals surface area contributed by atoms with Gasteiger partial charge in [-0.15, -0.1) is 0 Å². The average molecular weight is 596 g/mol. The Hall–Kier alpha value is -0.653. The number of hydrogen-bond donors (Lipinski definition) is 0. The molecule has 0 amide bonds. The smallest absolute Gasteiger partial charge is 0.264 e. The molecule has 0 aromatic heterocycles. The summed E-state index contributed by atoms with van der Waals surface area (Å²) in [6, 6.07) is 3.86. The van der Waals surface area contributed by atoms with E-state index in [1.54, 1.807) is 0 Å². The van der Waals surface area contributed by atoms with Crippen LogP contribution in [0.5, 0.6) is 11.5 Å². The molecule has 0 aliphatic heterocycles. The molecule has 7 nitrogen and oxygen atoms in total. The van der Waals surface area contributed by atoms with Gasteiger partial charge >= 0.3 is 0 Å². The lowest BCUT2D eigenvalue weighted by atomic mass is 10.0. The third-order valence-electron chi connectivity index (χ3n) is 6.64. The second kappa shape index (κ2) is 12.7. The van der Waals surface area contributed by atoms with Crippen molar-refractivity contribution in [1.82, 2.24) is 0 Å². The number of hydrogen-bond acceptors (Lipinski definition) is 7. The maximum absolute atomic E-state index is 11.9. The van der Waals surface area contributed by atoms with Crippen molar-refractivity contribution >= 4 is 34.4 Å². The summed E-state index contributed by atoms with van der Waals surface area (Å²) in [5.41, 5.74) is 0.810. The van der Waals surface area contributed by atoms with Gasteiger partial charge in [0.15, 0.2) is 8.32 Å². The predicted molar refractivity (Wildman–Crippen MR) is 145 cm³/mol. The Morgan fingerprint density at radius 2 is 1.57 bits per heavy atom. The fourth-order valence-electron chi connectivity index (χ4n) is 3.79. The quantitative estimate of drug-likeness (QED) is 0.187. The van der Waals surface area contributed by atoms with E-state index in [4.69, 9.17) is 22.8 Å². The Bertz CT molecular complexity index is 897. The third kappa shape index (κ3) is 9.00. The number of rotatable bonds is 13. The molecule has 202 valence electrons. The van der Waals surface area contributed by atoms with Crippen molar-refractivity contribution in [2.45, 2.75) is 96.7 Å². The molecule has 1 aliphatic carbocycles. The molecule has 1 aliphatic rings. The SMILES string of the molecule is CCOc1cc([C@@H](O[Si](C)(C)C(C)(C)C)[C@H](COS(C)(=O)=O)OC2CCCC2)cc(OCC)c1Br. The summed E-state index contributed by atoms with van der Waals surface area (Å²) in [6.07, 6.45) is 3.99. The summed E-state index contributed by atoms with van der Waals surface area (Å²) in [5.74, 6) is 1.28. The third-order valence-corrected chi connectivity index (χ3v) is 12.4. The maximum Gasteiger partial charge on any atom is 0.264 e. The lowest BCUT2D eigenvalue weighted by molar-refractivity contribution is -0.0874. The van der Waals surface area contributed by atoms with E-state index in [2.05, 4.69) is 49.8 Å². The van der Waals surface area contributed by atoms with Gasteiger partial charge in [0.05, 0.1) is 38.3 Å². The summed E-state index contributed by atoms with van der Waals surface area (Å²) < 4.78 is 55.2.